The summed E-state index contributed by atoms with van der Waals surface area (Å²) in [5.41, 5.74) is 0. The number of nitrogens with one attached hydrogen (secondary N) is 1. The Morgan fingerprint density at radius 3 is 2.43 bits per heavy atom. The largest absolute Gasteiger partial charge is 0.465 e. The molecule has 0 amide bonds. The summed E-state index contributed by atoms with van der Waals surface area (Å²) in [4.78, 5) is 5.18. The third-order valence-electron chi connectivity index (χ3n) is 5.10. The molecular formula is C17H29N3O. The summed E-state index contributed by atoms with van der Waals surface area (Å²) in [7, 11) is 2.24. The molecule has 1 N–H and O–H groups in total. The highest BCUT2D eigenvalue weighted by molar-refractivity contribution is 5.05. The van der Waals surface area contributed by atoms with E-state index in [-0.39, 0.29) is 0 Å². The average molecular weight is 291 g/mol. The molecule has 0 aliphatic carbocycles. The van der Waals surface area contributed by atoms with Gasteiger partial charge in [0, 0.05) is 12.1 Å². The maximum Gasteiger partial charge on any atom is 0.117 e. The van der Waals surface area contributed by atoms with Gasteiger partial charge < -0.3 is 19.5 Å². The number of hydrogen-bond donors (Lipinski definition) is 1. The van der Waals surface area contributed by atoms with Gasteiger partial charge >= 0.3 is 0 Å². The third kappa shape index (κ3) is 4.09. The van der Waals surface area contributed by atoms with E-state index in [1.165, 1.54) is 51.9 Å². The SMILES string of the molecule is Cc1ccc(CNC2CCN(C3CCN(C)CC3)CC2)o1. The molecule has 0 atom stereocenters. The molecule has 0 saturated carbocycles. The first-order valence-corrected chi connectivity index (χ1v) is 8.42. The smallest absolute Gasteiger partial charge is 0.117 e. The first-order chi connectivity index (χ1) is 10.2. The molecule has 4 heteroatoms. The highest BCUT2D eigenvalue weighted by Gasteiger charge is 2.27. The number of rotatable bonds is 4. The van der Waals surface area contributed by atoms with Crippen molar-refractivity contribution in [2.45, 2.75) is 51.2 Å². The van der Waals surface area contributed by atoms with Crippen molar-refractivity contribution in [1.82, 2.24) is 15.1 Å². The minimum Gasteiger partial charge on any atom is -0.465 e. The summed E-state index contributed by atoms with van der Waals surface area (Å²) < 4.78 is 5.62. The predicted octanol–water partition coefficient (Wildman–Crippen LogP) is 2.24. The fourth-order valence-electron chi connectivity index (χ4n) is 3.65. The first kappa shape index (κ1) is 15.1. The predicted molar refractivity (Wildman–Crippen MR) is 85.4 cm³/mol. The number of likely N-dealkylation sites (tertiary alicyclic amines) is 2. The number of furan rings is 1. The Morgan fingerprint density at radius 1 is 1.10 bits per heavy atom. The van der Waals surface area contributed by atoms with Gasteiger partial charge in [-0.3, -0.25) is 0 Å². The van der Waals surface area contributed by atoms with Crippen LogP contribution < -0.4 is 5.32 Å². The van der Waals surface area contributed by atoms with E-state index in [2.05, 4.69) is 28.2 Å². The normalized spacial score (nSPS) is 23.7. The van der Waals surface area contributed by atoms with E-state index < -0.39 is 0 Å². The topological polar surface area (TPSA) is 31.6 Å². The summed E-state index contributed by atoms with van der Waals surface area (Å²) in [6.45, 7) is 7.91. The van der Waals surface area contributed by atoms with E-state index in [4.69, 9.17) is 4.42 Å². The van der Waals surface area contributed by atoms with Gasteiger partial charge in [0.2, 0.25) is 0 Å². The van der Waals surface area contributed by atoms with Crippen molar-refractivity contribution in [3.63, 3.8) is 0 Å². The maximum absolute atomic E-state index is 5.62. The molecule has 1 aromatic rings. The van der Waals surface area contributed by atoms with Gasteiger partial charge in [-0.1, -0.05) is 0 Å². The van der Waals surface area contributed by atoms with Gasteiger partial charge in [-0.15, -0.1) is 0 Å². The summed E-state index contributed by atoms with van der Waals surface area (Å²) in [6, 6.07) is 5.60. The molecule has 0 aromatic carbocycles. The van der Waals surface area contributed by atoms with Crippen LogP contribution in [0.5, 0.6) is 0 Å². The van der Waals surface area contributed by atoms with E-state index in [0.29, 0.717) is 6.04 Å². The van der Waals surface area contributed by atoms with Crippen LogP contribution >= 0.6 is 0 Å². The summed E-state index contributed by atoms with van der Waals surface area (Å²) in [6.07, 6.45) is 5.23. The molecular weight excluding hydrogens is 262 g/mol. The van der Waals surface area contributed by atoms with Crippen molar-refractivity contribution in [3.8, 4) is 0 Å². The van der Waals surface area contributed by atoms with Gasteiger partial charge in [0.1, 0.15) is 11.5 Å². The lowest BCUT2D eigenvalue weighted by Crippen LogP contribution is -2.49. The Morgan fingerprint density at radius 2 is 1.81 bits per heavy atom. The van der Waals surface area contributed by atoms with Crippen LogP contribution in [0.3, 0.4) is 0 Å². The van der Waals surface area contributed by atoms with Crippen LogP contribution in [0.25, 0.3) is 0 Å². The number of piperidine rings is 2. The van der Waals surface area contributed by atoms with Crippen LogP contribution in [-0.2, 0) is 6.54 Å². The van der Waals surface area contributed by atoms with Crippen LogP contribution in [0, 0.1) is 6.92 Å². The van der Waals surface area contributed by atoms with Crippen LogP contribution in [0.4, 0.5) is 0 Å². The maximum atomic E-state index is 5.62. The van der Waals surface area contributed by atoms with Crippen LogP contribution in [0.2, 0.25) is 0 Å². The lowest BCUT2D eigenvalue weighted by atomic mass is 9.98. The zero-order valence-corrected chi connectivity index (χ0v) is 13.5. The Hall–Kier alpha value is -0.840. The van der Waals surface area contributed by atoms with Gasteiger partial charge in [-0.25, -0.2) is 0 Å². The van der Waals surface area contributed by atoms with Gasteiger partial charge in [-0.05, 0) is 78.0 Å². The van der Waals surface area contributed by atoms with Crippen LogP contribution in [0.15, 0.2) is 16.5 Å². The van der Waals surface area contributed by atoms with Gasteiger partial charge in [0.25, 0.3) is 0 Å². The standard InChI is InChI=1S/C17H29N3O/c1-14-3-4-17(21-14)13-18-15-5-11-20(12-6-15)16-7-9-19(2)10-8-16/h3-4,15-16,18H,5-13H2,1-2H3. The van der Waals surface area contributed by atoms with E-state index in [1.807, 2.05) is 13.0 Å². The molecule has 0 bridgehead atoms. The first-order valence-electron chi connectivity index (χ1n) is 8.42. The van der Waals surface area contributed by atoms with E-state index in [1.54, 1.807) is 0 Å². The van der Waals surface area contributed by atoms with Crippen molar-refractivity contribution in [2.24, 2.45) is 0 Å². The number of hydrogen-bond acceptors (Lipinski definition) is 4. The second-order valence-electron chi connectivity index (χ2n) is 6.74. The second-order valence-corrected chi connectivity index (χ2v) is 6.74. The summed E-state index contributed by atoms with van der Waals surface area (Å²) in [5, 5.41) is 3.65. The molecule has 3 rings (SSSR count). The summed E-state index contributed by atoms with van der Waals surface area (Å²) >= 11 is 0. The zero-order chi connectivity index (χ0) is 14.7. The molecule has 1 aromatic heterocycles. The van der Waals surface area contributed by atoms with Gasteiger partial charge in [0.05, 0.1) is 6.54 Å². The van der Waals surface area contributed by atoms with E-state index in [9.17, 15) is 0 Å². The minimum atomic E-state index is 0.651. The molecule has 3 heterocycles. The molecule has 2 saturated heterocycles. The van der Waals surface area contributed by atoms with E-state index in [0.717, 1.165) is 24.1 Å². The quantitative estimate of drug-likeness (QED) is 0.922. The molecule has 2 fully saturated rings. The number of nitrogens with zero attached hydrogens (tertiary/aromatic N) is 2. The van der Waals surface area contributed by atoms with Crippen molar-refractivity contribution in [2.75, 3.05) is 33.2 Å². The summed E-state index contributed by atoms with van der Waals surface area (Å²) in [5.74, 6) is 2.06. The molecule has 2 aliphatic rings. The lowest BCUT2D eigenvalue weighted by molar-refractivity contribution is 0.0917. The molecule has 0 radical (unpaired) electrons. The van der Waals surface area contributed by atoms with E-state index >= 15 is 0 Å². The highest BCUT2D eigenvalue weighted by Crippen LogP contribution is 2.20. The van der Waals surface area contributed by atoms with Crippen LogP contribution in [0.1, 0.15) is 37.2 Å². The highest BCUT2D eigenvalue weighted by atomic mass is 16.3. The minimum absolute atomic E-state index is 0.651. The molecule has 118 valence electrons. The monoisotopic (exact) mass is 291 g/mol. The molecule has 2 aliphatic heterocycles. The Balaban J connectivity index is 1.38. The number of aryl methyl sites for hydroxylation is 1. The Bertz CT molecular complexity index is 429. The van der Waals surface area contributed by atoms with Crippen LogP contribution in [-0.4, -0.2) is 55.1 Å². The molecule has 0 spiro atoms. The average Bonchev–Trinajstić information content (AvgIpc) is 2.92. The van der Waals surface area contributed by atoms with Crippen molar-refractivity contribution < 1.29 is 4.42 Å². The Kier molecular flexibility index (Phi) is 4.99. The van der Waals surface area contributed by atoms with Crippen molar-refractivity contribution >= 4 is 0 Å². The van der Waals surface area contributed by atoms with Crippen molar-refractivity contribution in [3.05, 3.63) is 23.7 Å². The second kappa shape index (κ2) is 6.95. The van der Waals surface area contributed by atoms with Crippen molar-refractivity contribution in [1.29, 1.82) is 0 Å². The Labute approximate surface area is 128 Å². The fourth-order valence-corrected chi connectivity index (χ4v) is 3.65. The van der Waals surface area contributed by atoms with Gasteiger partial charge in [0.15, 0.2) is 0 Å². The fraction of sp³-hybridized carbons (Fsp3) is 0.765. The molecule has 0 unspecified atom stereocenters. The third-order valence-corrected chi connectivity index (χ3v) is 5.10. The molecule has 21 heavy (non-hydrogen) atoms. The lowest BCUT2D eigenvalue weighted by Gasteiger charge is -2.41. The zero-order valence-electron chi connectivity index (χ0n) is 13.5. The molecule has 4 nitrogen and oxygen atoms in total. The van der Waals surface area contributed by atoms with Gasteiger partial charge in [-0.2, -0.15) is 0 Å².